The Morgan fingerprint density at radius 1 is 1.40 bits per heavy atom. The molecule has 0 unspecified atom stereocenters. The maximum Gasteiger partial charge on any atom is 0.134 e. The van der Waals surface area contributed by atoms with E-state index in [1.807, 2.05) is 13.1 Å². The van der Waals surface area contributed by atoms with Crippen LogP contribution in [-0.2, 0) is 0 Å². The van der Waals surface area contributed by atoms with Crippen LogP contribution >= 0.6 is 0 Å². The molecule has 1 aliphatic heterocycles. The molecule has 82 valence electrons. The molecule has 1 aliphatic rings. The summed E-state index contributed by atoms with van der Waals surface area (Å²) in [7, 11) is 1.88. The van der Waals surface area contributed by atoms with Crippen molar-refractivity contribution in [1.29, 1.82) is 0 Å². The first-order valence-corrected chi connectivity index (χ1v) is 5.57. The summed E-state index contributed by atoms with van der Waals surface area (Å²) in [6.45, 7) is 3.38. The second kappa shape index (κ2) is 4.47. The summed E-state index contributed by atoms with van der Waals surface area (Å²) in [5, 5.41) is 3.04. The highest BCUT2D eigenvalue weighted by atomic mass is 15.2. The van der Waals surface area contributed by atoms with E-state index in [4.69, 9.17) is 0 Å². The summed E-state index contributed by atoms with van der Waals surface area (Å²) >= 11 is 0. The van der Waals surface area contributed by atoms with Gasteiger partial charge in [0.25, 0.3) is 0 Å². The smallest absolute Gasteiger partial charge is 0.134 e. The topological polar surface area (TPSA) is 41.0 Å². The van der Waals surface area contributed by atoms with Gasteiger partial charge in [0.2, 0.25) is 0 Å². The SMILES string of the molecule is CNc1cc(N2CCCC[C@H]2C)ncn1. The van der Waals surface area contributed by atoms with Crippen molar-refractivity contribution in [2.45, 2.75) is 32.2 Å². The van der Waals surface area contributed by atoms with Crippen LogP contribution in [-0.4, -0.2) is 29.6 Å². The number of rotatable bonds is 2. The zero-order valence-corrected chi connectivity index (χ0v) is 9.40. The zero-order valence-electron chi connectivity index (χ0n) is 9.40. The molecule has 0 radical (unpaired) electrons. The highest BCUT2D eigenvalue weighted by molar-refractivity contribution is 5.48. The first-order valence-electron chi connectivity index (χ1n) is 5.57. The number of nitrogens with one attached hydrogen (secondary N) is 1. The van der Waals surface area contributed by atoms with Gasteiger partial charge in [-0.05, 0) is 26.2 Å². The molecular weight excluding hydrogens is 188 g/mol. The molecule has 1 aromatic rings. The molecule has 0 aromatic carbocycles. The van der Waals surface area contributed by atoms with Gasteiger partial charge in [-0.2, -0.15) is 0 Å². The molecule has 1 N–H and O–H groups in total. The number of piperidine rings is 1. The van der Waals surface area contributed by atoms with Crippen molar-refractivity contribution in [3.05, 3.63) is 12.4 Å². The minimum atomic E-state index is 0.596. The fraction of sp³-hybridized carbons (Fsp3) is 0.636. The Hall–Kier alpha value is -1.32. The van der Waals surface area contributed by atoms with Crippen LogP contribution in [0, 0.1) is 0 Å². The molecule has 0 spiro atoms. The highest BCUT2D eigenvalue weighted by Gasteiger charge is 2.19. The molecule has 0 aliphatic carbocycles. The third kappa shape index (κ3) is 2.19. The van der Waals surface area contributed by atoms with Crippen LogP contribution in [0.25, 0.3) is 0 Å². The molecule has 1 atom stereocenters. The van der Waals surface area contributed by atoms with Gasteiger partial charge in [-0.1, -0.05) is 0 Å². The van der Waals surface area contributed by atoms with E-state index in [2.05, 4.69) is 27.1 Å². The van der Waals surface area contributed by atoms with E-state index < -0.39 is 0 Å². The third-order valence-corrected chi connectivity index (χ3v) is 3.01. The van der Waals surface area contributed by atoms with Crippen molar-refractivity contribution < 1.29 is 0 Å². The normalized spacial score (nSPS) is 21.5. The van der Waals surface area contributed by atoms with Crippen LogP contribution in [0.5, 0.6) is 0 Å². The maximum absolute atomic E-state index is 4.34. The molecule has 0 bridgehead atoms. The first kappa shape index (κ1) is 10.2. The van der Waals surface area contributed by atoms with E-state index in [1.165, 1.54) is 19.3 Å². The van der Waals surface area contributed by atoms with Crippen LogP contribution in [0.1, 0.15) is 26.2 Å². The van der Waals surface area contributed by atoms with Gasteiger partial charge in [0.1, 0.15) is 18.0 Å². The Morgan fingerprint density at radius 3 is 3.00 bits per heavy atom. The molecular formula is C11H18N4. The van der Waals surface area contributed by atoms with Crippen molar-refractivity contribution in [3.8, 4) is 0 Å². The molecule has 1 aromatic heterocycles. The second-order valence-corrected chi connectivity index (χ2v) is 4.05. The van der Waals surface area contributed by atoms with Crippen LogP contribution in [0.2, 0.25) is 0 Å². The Labute approximate surface area is 90.7 Å². The van der Waals surface area contributed by atoms with Crippen LogP contribution in [0.3, 0.4) is 0 Å². The summed E-state index contributed by atoms with van der Waals surface area (Å²) in [6, 6.07) is 2.61. The lowest BCUT2D eigenvalue weighted by Crippen LogP contribution is -2.38. The Balaban J connectivity index is 2.19. The van der Waals surface area contributed by atoms with E-state index in [1.54, 1.807) is 6.33 Å². The van der Waals surface area contributed by atoms with Gasteiger partial charge >= 0.3 is 0 Å². The maximum atomic E-state index is 4.34. The van der Waals surface area contributed by atoms with Crippen molar-refractivity contribution in [3.63, 3.8) is 0 Å². The van der Waals surface area contributed by atoms with Gasteiger partial charge in [-0.25, -0.2) is 9.97 Å². The highest BCUT2D eigenvalue weighted by Crippen LogP contribution is 2.23. The molecule has 2 rings (SSSR count). The number of aromatic nitrogens is 2. The molecule has 2 heterocycles. The molecule has 0 amide bonds. The van der Waals surface area contributed by atoms with Crippen LogP contribution in [0.15, 0.2) is 12.4 Å². The lowest BCUT2D eigenvalue weighted by atomic mass is 10.0. The molecule has 1 fully saturated rings. The Bertz CT molecular complexity index is 326. The lowest BCUT2D eigenvalue weighted by molar-refractivity contribution is 0.481. The predicted octanol–water partition coefficient (Wildman–Crippen LogP) is 1.90. The standard InChI is InChI=1S/C11H18N4/c1-9-5-3-4-6-15(9)11-7-10(12-2)13-8-14-11/h7-9H,3-6H2,1-2H3,(H,12,13,14)/t9-/m1/s1. The quantitative estimate of drug-likeness (QED) is 0.802. The second-order valence-electron chi connectivity index (χ2n) is 4.05. The fourth-order valence-electron chi connectivity index (χ4n) is 2.08. The van der Waals surface area contributed by atoms with Crippen LogP contribution < -0.4 is 10.2 Å². The third-order valence-electron chi connectivity index (χ3n) is 3.01. The van der Waals surface area contributed by atoms with Gasteiger partial charge in [0, 0.05) is 25.7 Å². The predicted molar refractivity (Wildman–Crippen MR) is 62.2 cm³/mol. The van der Waals surface area contributed by atoms with E-state index in [0.29, 0.717) is 6.04 Å². The van der Waals surface area contributed by atoms with E-state index >= 15 is 0 Å². The van der Waals surface area contributed by atoms with Crippen LogP contribution in [0.4, 0.5) is 11.6 Å². The molecule has 15 heavy (non-hydrogen) atoms. The van der Waals surface area contributed by atoms with E-state index in [-0.39, 0.29) is 0 Å². The number of hydrogen-bond acceptors (Lipinski definition) is 4. The molecule has 4 nitrogen and oxygen atoms in total. The van der Waals surface area contributed by atoms with Crippen molar-refractivity contribution in [2.24, 2.45) is 0 Å². The monoisotopic (exact) mass is 206 g/mol. The summed E-state index contributed by atoms with van der Waals surface area (Å²) in [6.07, 6.45) is 5.49. The van der Waals surface area contributed by atoms with Crippen molar-refractivity contribution in [1.82, 2.24) is 9.97 Å². The molecule has 1 saturated heterocycles. The first-order chi connectivity index (χ1) is 7.31. The van der Waals surface area contributed by atoms with Gasteiger partial charge in [0.15, 0.2) is 0 Å². The summed E-state index contributed by atoms with van der Waals surface area (Å²) < 4.78 is 0. The largest absolute Gasteiger partial charge is 0.373 e. The van der Waals surface area contributed by atoms with Gasteiger partial charge in [-0.15, -0.1) is 0 Å². The van der Waals surface area contributed by atoms with E-state index in [0.717, 1.165) is 18.2 Å². The number of anilines is 2. The molecule has 0 saturated carbocycles. The Morgan fingerprint density at radius 2 is 2.27 bits per heavy atom. The number of nitrogens with zero attached hydrogens (tertiary/aromatic N) is 3. The number of hydrogen-bond donors (Lipinski definition) is 1. The zero-order chi connectivity index (χ0) is 10.7. The van der Waals surface area contributed by atoms with Gasteiger partial charge in [0.05, 0.1) is 0 Å². The lowest BCUT2D eigenvalue weighted by Gasteiger charge is -2.34. The van der Waals surface area contributed by atoms with Crippen molar-refractivity contribution in [2.75, 3.05) is 23.8 Å². The Kier molecular flexibility index (Phi) is 3.04. The summed E-state index contributed by atoms with van der Waals surface area (Å²) in [5.74, 6) is 1.93. The molecule has 4 heteroatoms. The fourth-order valence-corrected chi connectivity index (χ4v) is 2.08. The minimum Gasteiger partial charge on any atom is -0.373 e. The van der Waals surface area contributed by atoms with E-state index in [9.17, 15) is 0 Å². The van der Waals surface area contributed by atoms with Gasteiger partial charge in [-0.3, -0.25) is 0 Å². The minimum absolute atomic E-state index is 0.596. The average molecular weight is 206 g/mol. The summed E-state index contributed by atoms with van der Waals surface area (Å²) in [4.78, 5) is 10.8. The van der Waals surface area contributed by atoms with Crippen molar-refractivity contribution >= 4 is 11.6 Å². The average Bonchev–Trinajstić information content (AvgIpc) is 2.30. The summed E-state index contributed by atoms with van der Waals surface area (Å²) in [5.41, 5.74) is 0. The van der Waals surface area contributed by atoms with Gasteiger partial charge < -0.3 is 10.2 Å².